The third kappa shape index (κ3) is 3.05. The number of hydrogen-bond donors (Lipinski definition) is 2. The lowest BCUT2D eigenvalue weighted by atomic mass is 9.87. The van der Waals surface area contributed by atoms with Crippen LogP contribution >= 0.6 is 0 Å². The van der Waals surface area contributed by atoms with Crippen LogP contribution in [0.1, 0.15) is 39.0 Å². The molecule has 5 nitrogen and oxygen atoms in total. The standard InChI is InChI=1S/C19H26N4O/c1-12(8-13-9-14-6-7-15(10-13)23-14)22-19-18-16(20-11-21-19)4-3-5-17(18)24-2/h3-5,11-15,23H,6-10H2,1-2H3,(H,20,21,22). The molecule has 2 saturated heterocycles. The predicted molar refractivity (Wildman–Crippen MR) is 96.5 cm³/mol. The largest absolute Gasteiger partial charge is 0.496 e. The molecule has 5 heteroatoms. The van der Waals surface area contributed by atoms with Gasteiger partial charge in [0.25, 0.3) is 0 Å². The fourth-order valence-electron chi connectivity index (χ4n) is 4.52. The summed E-state index contributed by atoms with van der Waals surface area (Å²) >= 11 is 0. The highest BCUT2D eigenvalue weighted by molar-refractivity contribution is 5.94. The van der Waals surface area contributed by atoms with E-state index in [1.54, 1.807) is 13.4 Å². The van der Waals surface area contributed by atoms with Crippen molar-refractivity contribution in [2.75, 3.05) is 12.4 Å². The van der Waals surface area contributed by atoms with Crippen molar-refractivity contribution in [3.05, 3.63) is 24.5 Å². The van der Waals surface area contributed by atoms with Crippen molar-refractivity contribution < 1.29 is 4.74 Å². The number of aromatic nitrogens is 2. The highest BCUT2D eigenvalue weighted by Gasteiger charge is 2.33. The first-order chi connectivity index (χ1) is 11.7. The second-order valence-corrected chi connectivity index (χ2v) is 7.33. The van der Waals surface area contributed by atoms with Crippen molar-refractivity contribution in [1.29, 1.82) is 0 Å². The topological polar surface area (TPSA) is 59.1 Å². The zero-order chi connectivity index (χ0) is 16.5. The van der Waals surface area contributed by atoms with Crippen LogP contribution in [-0.2, 0) is 0 Å². The molecule has 2 aromatic rings. The molecule has 0 aliphatic carbocycles. The molecule has 1 aromatic carbocycles. The predicted octanol–water partition coefficient (Wildman–Crippen LogP) is 3.36. The van der Waals surface area contributed by atoms with Crippen LogP contribution in [0.5, 0.6) is 5.75 Å². The molecule has 0 amide bonds. The summed E-state index contributed by atoms with van der Waals surface area (Å²) in [5.41, 5.74) is 0.916. The quantitative estimate of drug-likeness (QED) is 0.882. The Morgan fingerprint density at radius 2 is 2.04 bits per heavy atom. The molecule has 2 aliphatic heterocycles. The van der Waals surface area contributed by atoms with E-state index < -0.39 is 0 Å². The number of hydrogen-bond acceptors (Lipinski definition) is 5. The molecule has 4 rings (SSSR count). The minimum absolute atomic E-state index is 0.385. The minimum atomic E-state index is 0.385. The second-order valence-electron chi connectivity index (χ2n) is 7.33. The zero-order valence-electron chi connectivity index (χ0n) is 14.5. The van der Waals surface area contributed by atoms with E-state index in [0.717, 1.165) is 40.5 Å². The maximum atomic E-state index is 5.51. The number of rotatable bonds is 5. The van der Waals surface area contributed by atoms with Gasteiger partial charge in [0.1, 0.15) is 17.9 Å². The lowest BCUT2D eigenvalue weighted by Gasteiger charge is -2.31. The number of fused-ring (bicyclic) bond motifs is 3. The first kappa shape index (κ1) is 15.6. The number of nitrogens with one attached hydrogen (secondary N) is 2. The molecule has 2 N–H and O–H groups in total. The molecule has 0 spiro atoms. The van der Waals surface area contributed by atoms with Crippen LogP contribution < -0.4 is 15.4 Å². The van der Waals surface area contributed by atoms with Crippen molar-refractivity contribution in [3.8, 4) is 5.75 Å². The second kappa shape index (κ2) is 6.55. The normalized spacial score (nSPS) is 27.2. The van der Waals surface area contributed by atoms with Gasteiger partial charge in [-0.2, -0.15) is 0 Å². The number of benzene rings is 1. The first-order valence-electron chi connectivity index (χ1n) is 9.03. The van der Waals surface area contributed by atoms with Crippen LogP contribution in [0, 0.1) is 5.92 Å². The molecule has 0 radical (unpaired) electrons. The smallest absolute Gasteiger partial charge is 0.141 e. The summed E-state index contributed by atoms with van der Waals surface area (Å²) in [5, 5.41) is 8.30. The molecule has 2 bridgehead atoms. The molecule has 0 saturated carbocycles. The summed E-state index contributed by atoms with van der Waals surface area (Å²) in [6.45, 7) is 2.26. The summed E-state index contributed by atoms with van der Waals surface area (Å²) in [6.07, 6.45) is 8.16. The van der Waals surface area contributed by atoms with Crippen LogP contribution in [-0.4, -0.2) is 35.2 Å². The summed E-state index contributed by atoms with van der Waals surface area (Å²) in [6, 6.07) is 7.82. The Bertz CT molecular complexity index is 702. The van der Waals surface area contributed by atoms with E-state index in [0.29, 0.717) is 6.04 Å². The monoisotopic (exact) mass is 326 g/mol. The Hall–Kier alpha value is -1.88. The Balaban J connectivity index is 1.49. The van der Waals surface area contributed by atoms with Crippen molar-refractivity contribution >= 4 is 16.7 Å². The fourth-order valence-corrected chi connectivity index (χ4v) is 4.52. The number of nitrogens with zero attached hydrogens (tertiary/aromatic N) is 2. The van der Waals surface area contributed by atoms with Gasteiger partial charge in [0.15, 0.2) is 0 Å². The Morgan fingerprint density at radius 1 is 1.25 bits per heavy atom. The van der Waals surface area contributed by atoms with Crippen LogP contribution in [0.25, 0.3) is 10.9 Å². The zero-order valence-corrected chi connectivity index (χ0v) is 14.5. The molecule has 3 atom stereocenters. The highest BCUT2D eigenvalue weighted by Crippen LogP contribution is 2.34. The van der Waals surface area contributed by atoms with E-state index in [9.17, 15) is 0 Å². The van der Waals surface area contributed by atoms with E-state index in [4.69, 9.17) is 4.74 Å². The van der Waals surface area contributed by atoms with Gasteiger partial charge >= 0.3 is 0 Å². The number of piperidine rings is 1. The van der Waals surface area contributed by atoms with E-state index in [1.165, 1.54) is 32.1 Å². The van der Waals surface area contributed by atoms with Gasteiger partial charge < -0.3 is 15.4 Å². The van der Waals surface area contributed by atoms with Gasteiger partial charge in [-0.1, -0.05) is 6.07 Å². The molecular formula is C19H26N4O. The number of methoxy groups -OCH3 is 1. The third-order valence-electron chi connectivity index (χ3n) is 5.49. The van der Waals surface area contributed by atoms with Crippen molar-refractivity contribution in [1.82, 2.24) is 15.3 Å². The summed E-state index contributed by atoms with van der Waals surface area (Å²) in [7, 11) is 1.69. The van der Waals surface area contributed by atoms with Crippen molar-refractivity contribution in [2.45, 2.75) is 57.2 Å². The highest BCUT2D eigenvalue weighted by atomic mass is 16.5. The molecule has 3 heterocycles. The SMILES string of the molecule is COc1cccc2ncnc(NC(C)CC3CC4CCC(C3)N4)c12. The number of ether oxygens (including phenoxy) is 1. The van der Waals surface area contributed by atoms with E-state index in [2.05, 4.69) is 27.5 Å². The number of anilines is 1. The lowest BCUT2D eigenvalue weighted by molar-refractivity contribution is 0.279. The van der Waals surface area contributed by atoms with Crippen LogP contribution in [0.2, 0.25) is 0 Å². The van der Waals surface area contributed by atoms with Gasteiger partial charge in [-0.15, -0.1) is 0 Å². The van der Waals surface area contributed by atoms with Gasteiger partial charge in [-0.3, -0.25) is 0 Å². The van der Waals surface area contributed by atoms with Gasteiger partial charge in [0, 0.05) is 18.1 Å². The van der Waals surface area contributed by atoms with E-state index >= 15 is 0 Å². The van der Waals surface area contributed by atoms with E-state index in [-0.39, 0.29) is 0 Å². The molecular weight excluding hydrogens is 300 g/mol. The van der Waals surface area contributed by atoms with Gasteiger partial charge in [0.05, 0.1) is 18.0 Å². The Labute approximate surface area is 143 Å². The van der Waals surface area contributed by atoms with Crippen molar-refractivity contribution in [3.63, 3.8) is 0 Å². The van der Waals surface area contributed by atoms with Crippen LogP contribution in [0.3, 0.4) is 0 Å². The van der Waals surface area contributed by atoms with Crippen LogP contribution in [0.15, 0.2) is 24.5 Å². The average molecular weight is 326 g/mol. The Kier molecular flexibility index (Phi) is 4.27. The average Bonchev–Trinajstić information content (AvgIpc) is 2.93. The molecule has 2 aliphatic rings. The molecule has 128 valence electrons. The van der Waals surface area contributed by atoms with Gasteiger partial charge in [-0.25, -0.2) is 9.97 Å². The summed E-state index contributed by atoms with van der Waals surface area (Å²) < 4.78 is 5.51. The molecule has 24 heavy (non-hydrogen) atoms. The lowest BCUT2D eigenvalue weighted by Crippen LogP contribution is -2.39. The molecule has 2 fully saturated rings. The minimum Gasteiger partial charge on any atom is -0.496 e. The van der Waals surface area contributed by atoms with Crippen molar-refractivity contribution in [2.24, 2.45) is 5.92 Å². The van der Waals surface area contributed by atoms with Gasteiger partial charge in [0.2, 0.25) is 0 Å². The Morgan fingerprint density at radius 3 is 2.79 bits per heavy atom. The summed E-state index contributed by atoms with van der Waals surface area (Å²) in [5.74, 6) is 2.51. The van der Waals surface area contributed by atoms with Crippen LogP contribution in [0.4, 0.5) is 5.82 Å². The maximum Gasteiger partial charge on any atom is 0.141 e. The molecule has 1 aromatic heterocycles. The maximum absolute atomic E-state index is 5.51. The fraction of sp³-hybridized carbons (Fsp3) is 0.579. The first-order valence-corrected chi connectivity index (χ1v) is 9.03. The molecule has 3 unspecified atom stereocenters. The summed E-state index contributed by atoms with van der Waals surface area (Å²) in [4.78, 5) is 8.84. The third-order valence-corrected chi connectivity index (χ3v) is 5.49. The van der Waals surface area contributed by atoms with Gasteiger partial charge in [-0.05, 0) is 57.1 Å². The van der Waals surface area contributed by atoms with E-state index in [1.807, 2.05) is 18.2 Å².